The lowest BCUT2D eigenvalue weighted by Gasteiger charge is -2.35. The first-order chi connectivity index (χ1) is 16.8. The highest BCUT2D eigenvalue weighted by molar-refractivity contribution is 6.30. The topological polar surface area (TPSA) is 71.3 Å². The van der Waals surface area contributed by atoms with Crippen LogP contribution in [0.3, 0.4) is 0 Å². The Morgan fingerprint density at radius 2 is 1.80 bits per heavy atom. The molecule has 2 amide bonds. The molecule has 35 heavy (non-hydrogen) atoms. The molecule has 1 atom stereocenters. The summed E-state index contributed by atoms with van der Waals surface area (Å²) >= 11 is 6.23. The molecule has 176 valence electrons. The highest BCUT2D eigenvalue weighted by atomic mass is 35.5. The number of halogens is 3. The van der Waals surface area contributed by atoms with Crippen molar-refractivity contribution in [3.8, 4) is 11.4 Å². The maximum absolute atomic E-state index is 13.9. The third-order valence-corrected chi connectivity index (χ3v) is 6.06. The second-order valence-electron chi connectivity index (χ2n) is 8.14. The molecule has 0 saturated heterocycles. The Kier molecular flexibility index (Phi) is 5.82. The Bertz CT molecular complexity index is 1470. The molecule has 5 rings (SSSR count). The van der Waals surface area contributed by atoms with E-state index in [1.807, 2.05) is 6.07 Å². The van der Waals surface area contributed by atoms with Crippen molar-refractivity contribution in [3.63, 3.8) is 0 Å². The number of aryl methyl sites for hydroxylation is 1. The van der Waals surface area contributed by atoms with Gasteiger partial charge in [0.1, 0.15) is 11.6 Å². The number of carbonyl (C=O) groups is 1. The number of aromatic nitrogens is 2. The van der Waals surface area contributed by atoms with Crippen molar-refractivity contribution in [1.29, 1.82) is 0 Å². The van der Waals surface area contributed by atoms with Crippen LogP contribution >= 0.6 is 11.6 Å². The summed E-state index contributed by atoms with van der Waals surface area (Å²) in [6.45, 7) is 3.38. The second-order valence-corrected chi connectivity index (χ2v) is 8.57. The Morgan fingerprint density at radius 1 is 1.03 bits per heavy atom. The summed E-state index contributed by atoms with van der Waals surface area (Å²) in [5, 5.41) is 7.54. The lowest BCUT2D eigenvalue weighted by molar-refractivity contribution is 0.244. The van der Waals surface area contributed by atoms with Crippen LogP contribution in [-0.4, -0.2) is 16.2 Å². The number of hydrogen-bond acceptors (Lipinski definition) is 4. The minimum absolute atomic E-state index is 0.177. The molecule has 2 heterocycles. The predicted molar refractivity (Wildman–Crippen MR) is 129 cm³/mol. The first-order valence-electron chi connectivity index (χ1n) is 10.7. The fraction of sp³-hybridized carbons (Fsp3) is 0.115. The number of urea groups is 1. The van der Waals surface area contributed by atoms with E-state index in [1.165, 1.54) is 29.2 Å². The van der Waals surface area contributed by atoms with Gasteiger partial charge in [-0.2, -0.15) is 4.98 Å². The van der Waals surface area contributed by atoms with Gasteiger partial charge in [0.2, 0.25) is 5.82 Å². The minimum atomic E-state index is -0.638. The summed E-state index contributed by atoms with van der Waals surface area (Å²) < 4.78 is 32.9. The molecular weight excluding hydrogens is 474 g/mol. The van der Waals surface area contributed by atoms with Crippen molar-refractivity contribution in [1.82, 2.24) is 15.5 Å². The van der Waals surface area contributed by atoms with Crippen molar-refractivity contribution in [2.45, 2.75) is 19.9 Å². The van der Waals surface area contributed by atoms with Gasteiger partial charge in [-0.05, 0) is 79.6 Å². The lowest BCUT2D eigenvalue weighted by Crippen LogP contribution is -2.46. The van der Waals surface area contributed by atoms with Gasteiger partial charge in [0.05, 0.1) is 17.3 Å². The van der Waals surface area contributed by atoms with Gasteiger partial charge in [0, 0.05) is 16.3 Å². The van der Waals surface area contributed by atoms with Crippen molar-refractivity contribution in [3.05, 3.63) is 106 Å². The van der Waals surface area contributed by atoms with Crippen LogP contribution in [0.4, 0.5) is 19.3 Å². The SMILES string of the molecule is CC1=C(c2nc(-c3ccc(F)cc3)no2)C(c2cccc(Cl)c2)NC(=O)N1c1ccc(F)c(C)c1. The molecule has 0 spiro atoms. The number of anilines is 1. The average molecular weight is 493 g/mol. The Hall–Kier alpha value is -4.04. The molecule has 1 aliphatic rings. The Labute approximate surface area is 204 Å². The zero-order chi connectivity index (χ0) is 24.7. The summed E-state index contributed by atoms with van der Waals surface area (Å²) in [5.74, 6) is -0.301. The number of benzene rings is 3. The van der Waals surface area contributed by atoms with Crippen LogP contribution < -0.4 is 10.2 Å². The molecule has 0 bridgehead atoms. The third kappa shape index (κ3) is 4.28. The molecule has 0 radical (unpaired) electrons. The van der Waals surface area contributed by atoms with Gasteiger partial charge in [0.25, 0.3) is 5.89 Å². The van der Waals surface area contributed by atoms with E-state index in [1.54, 1.807) is 50.2 Å². The number of nitrogens with one attached hydrogen (secondary N) is 1. The van der Waals surface area contributed by atoms with Gasteiger partial charge in [0.15, 0.2) is 0 Å². The number of hydrogen-bond donors (Lipinski definition) is 1. The largest absolute Gasteiger partial charge is 0.334 e. The fourth-order valence-electron chi connectivity index (χ4n) is 4.08. The van der Waals surface area contributed by atoms with Crippen LogP contribution in [0, 0.1) is 18.6 Å². The smallest absolute Gasteiger partial charge is 0.326 e. The third-order valence-electron chi connectivity index (χ3n) is 5.83. The summed E-state index contributed by atoms with van der Waals surface area (Å²) in [6.07, 6.45) is 0. The number of amides is 2. The summed E-state index contributed by atoms with van der Waals surface area (Å²) in [7, 11) is 0. The van der Waals surface area contributed by atoms with Crippen LogP contribution in [0.2, 0.25) is 5.02 Å². The maximum atomic E-state index is 13.9. The lowest BCUT2D eigenvalue weighted by atomic mass is 9.94. The Balaban J connectivity index is 1.66. The fourth-order valence-corrected chi connectivity index (χ4v) is 4.28. The van der Waals surface area contributed by atoms with Crippen LogP contribution in [0.5, 0.6) is 0 Å². The van der Waals surface area contributed by atoms with E-state index in [2.05, 4.69) is 15.5 Å². The monoisotopic (exact) mass is 492 g/mol. The number of carbonyl (C=O) groups excluding carboxylic acids is 1. The molecule has 0 saturated carbocycles. The zero-order valence-electron chi connectivity index (χ0n) is 18.7. The molecule has 1 unspecified atom stereocenters. The van der Waals surface area contributed by atoms with Gasteiger partial charge in [-0.25, -0.2) is 13.6 Å². The Morgan fingerprint density at radius 3 is 2.51 bits per heavy atom. The molecular formula is C26H19ClF2N4O2. The average Bonchev–Trinajstić information content (AvgIpc) is 3.31. The first-order valence-corrected chi connectivity index (χ1v) is 11.1. The first kappa shape index (κ1) is 22.7. The normalized spacial score (nSPS) is 16.0. The van der Waals surface area contributed by atoms with E-state index in [0.717, 1.165) is 5.56 Å². The van der Waals surface area contributed by atoms with Crippen LogP contribution in [0.15, 0.2) is 77.0 Å². The van der Waals surface area contributed by atoms with Gasteiger partial charge in [-0.15, -0.1) is 0 Å². The molecule has 0 aliphatic carbocycles. The molecule has 1 aliphatic heterocycles. The highest BCUT2D eigenvalue weighted by Crippen LogP contribution is 2.39. The maximum Gasteiger partial charge on any atom is 0.326 e. The van der Waals surface area contributed by atoms with E-state index in [-0.39, 0.29) is 23.3 Å². The highest BCUT2D eigenvalue weighted by Gasteiger charge is 2.36. The van der Waals surface area contributed by atoms with Gasteiger partial charge in [-0.1, -0.05) is 28.9 Å². The van der Waals surface area contributed by atoms with Crippen LogP contribution in [0.1, 0.15) is 30.0 Å². The second kappa shape index (κ2) is 8.96. The van der Waals surface area contributed by atoms with E-state index in [4.69, 9.17) is 16.1 Å². The van der Waals surface area contributed by atoms with Crippen molar-refractivity contribution < 1.29 is 18.1 Å². The molecule has 4 aromatic rings. The molecule has 9 heteroatoms. The van der Waals surface area contributed by atoms with Crippen LogP contribution in [0.25, 0.3) is 17.0 Å². The number of rotatable bonds is 4. The zero-order valence-corrected chi connectivity index (χ0v) is 19.5. The number of allylic oxidation sites excluding steroid dienone is 1. The molecule has 6 nitrogen and oxygen atoms in total. The van der Waals surface area contributed by atoms with E-state index in [9.17, 15) is 13.6 Å². The molecule has 1 aromatic heterocycles. The molecule has 0 fully saturated rings. The van der Waals surface area contributed by atoms with E-state index < -0.39 is 12.1 Å². The number of nitrogens with zero attached hydrogens (tertiary/aromatic N) is 3. The van der Waals surface area contributed by atoms with Gasteiger partial charge >= 0.3 is 6.03 Å². The van der Waals surface area contributed by atoms with Crippen molar-refractivity contribution in [2.24, 2.45) is 0 Å². The van der Waals surface area contributed by atoms with Crippen LogP contribution in [-0.2, 0) is 0 Å². The van der Waals surface area contributed by atoms with Gasteiger partial charge in [-0.3, -0.25) is 4.90 Å². The molecule has 3 aromatic carbocycles. The summed E-state index contributed by atoms with van der Waals surface area (Å²) in [6, 6.07) is 16.2. The van der Waals surface area contributed by atoms with Crippen molar-refractivity contribution >= 4 is 28.9 Å². The van der Waals surface area contributed by atoms with E-state index in [0.29, 0.717) is 33.1 Å². The quantitative estimate of drug-likeness (QED) is 0.345. The van der Waals surface area contributed by atoms with E-state index >= 15 is 0 Å². The standard InChI is InChI=1S/C26H19ClF2N4O2/c1-14-12-20(10-11-21(14)29)33-15(2)22(23(30-26(33)34)17-4-3-5-18(27)13-17)25-31-24(32-35-25)16-6-8-19(28)9-7-16/h3-13,23H,1-2H3,(H,30,34). The minimum Gasteiger partial charge on any atom is -0.334 e. The van der Waals surface area contributed by atoms with Gasteiger partial charge < -0.3 is 9.84 Å². The molecule has 1 N–H and O–H groups in total. The summed E-state index contributed by atoms with van der Waals surface area (Å²) in [4.78, 5) is 19.2. The van der Waals surface area contributed by atoms with Crippen molar-refractivity contribution in [2.75, 3.05) is 4.90 Å². The predicted octanol–water partition coefficient (Wildman–Crippen LogP) is 6.68. The summed E-state index contributed by atoms with van der Waals surface area (Å²) in [5.41, 5.74) is 3.26.